The predicted molar refractivity (Wildman–Crippen MR) is 124 cm³/mol. The van der Waals surface area contributed by atoms with Crippen molar-refractivity contribution < 1.29 is 32.2 Å². The van der Waals surface area contributed by atoms with Crippen LogP contribution in [0.1, 0.15) is 44.0 Å². The van der Waals surface area contributed by atoms with Gasteiger partial charge in [-0.25, -0.2) is 13.1 Å². The second-order valence-electron chi connectivity index (χ2n) is 7.31. The van der Waals surface area contributed by atoms with Gasteiger partial charge in [-0.05, 0) is 63.9 Å². The number of anilines is 1. The summed E-state index contributed by atoms with van der Waals surface area (Å²) in [6.45, 7) is 6.65. The molecule has 33 heavy (non-hydrogen) atoms. The van der Waals surface area contributed by atoms with Gasteiger partial charge in [-0.3, -0.25) is 4.79 Å². The maximum absolute atomic E-state index is 13.1. The summed E-state index contributed by atoms with van der Waals surface area (Å²) in [5, 5.41) is 2.74. The number of hydrogen-bond donors (Lipinski definition) is 2. The zero-order chi connectivity index (χ0) is 24.0. The van der Waals surface area contributed by atoms with Gasteiger partial charge in [0.1, 0.15) is 5.75 Å². The summed E-state index contributed by atoms with van der Waals surface area (Å²) in [7, 11) is -2.26. The van der Waals surface area contributed by atoms with E-state index in [0.29, 0.717) is 42.8 Å². The van der Waals surface area contributed by atoms with Crippen molar-refractivity contribution in [2.24, 2.45) is 0 Å². The van der Waals surface area contributed by atoms with Gasteiger partial charge in [0.2, 0.25) is 15.8 Å². The van der Waals surface area contributed by atoms with E-state index in [1.807, 2.05) is 20.8 Å². The Morgan fingerprint density at radius 3 is 2.06 bits per heavy atom. The first-order valence-corrected chi connectivity index (χ1v) is 12.4. The number of carbonyl (C=O) groups excluding carboxylic acids is 1. The molecular formula is C23H30N2O7S. The van der Waals surface area contributed by atoms with Crippen LogP contribution >= 0.6 is 0 Å². The van der Waals surface area contributed by atoms with Crippen LogP contribution in [0.4, 0.5) is 5.69 Å². The smallest absolute Gasteiger partial charge is 0.256 e. The molecule has 2 aromatic rings. The summed E-state index contributed by atoms with van der Waals surface area (Å²) < 4.78 is 50.2. The third-order valence-corrected chi connectivity index (χ3v) is 6.32. The SMILES string of the molecule is CCOc1cc(C(=O)Nc2cc(S(=O)(=O)NC3CC3)ccc2OC)cc(OCC)c1OCC. The van der Waals surface area contributed by atoms with Gasteiger partial charge in [-0.15, -0.1) is 0 Å². The van der Waals surface area contributed by atoms with Crippen LogP contribution in [-0.2, 0) is 10.0 Å². The average molecular weight is 479 g/mol. The molecule has 0 saturated heterocycles. The third-order valence-electron chi connectivity index (χ3n) is 4.80. The van der Waals surface area contributed by atoms with Crippen LogP contribution in [0.15, 0.2) is 35.2 Å². The van der Waals surface area contributed by atoms with Gasteiger partial charge in [-0.2, -0.15) is 0 Å². The molecule has 0 bridgehead atoms. The van der Waals surface area contributed by atoms with Crippen molar-refractivity contribution in [3.05, 3.63) is 35.9 Å². The van der Waals surface area contributed by atoms with Crippen molar-refractivity contribution in [2.45, 2.75) is 44.6 Å². The molecule has 0 radical (unpaired) electrons. The molecule has 1 amide bonds. The van der Waals surface area contributed by atoms with E-state index in [-0.39, 0.29) is 22.2 Å². The van der Waals surface area contributed by atoms with Crippen molar-refractivity contribution in [3.8, 4) is 23.0 Å². The molecule has 9 nitrogen and oxygen atoms in total. The summed E-state index contributed by atoms with van der Waals surface area (Å²) in [5.41, 5.74) is 0.489. The van der Waals surface area contributed by atoms with Crippen molar-refractivity contribution in [1.82, 2.24) is 4.72 Å². The maximum Gasteiger partial charge on any atom is 0.256 e. The lowest BCUT2D eigenvalue weighted by Gasteiger charge is -2.17. The van der Waals surface area contributed by atoms with E-state index in [1.165, 1.54) is 25.3 Å². The van der Waals surface area contributed by atoms with Crippen LogP contribution in [0, 0.1) is 0 Å². The van der Waals surface area contributed by atoms with E-state index in [9.17, 15) is 13.2 Å². The highest BCUT2D eigenvalue weighted by atomic mass is 32.2. The first-order valence-electron chi connectivity index (χ1n) is 10.9. The van der Waals surface area contributed by atoms with E-state index in [4.69, 9.17) is 18.9 Å². The Bertz CT molecular complexity index is 1070. The summed E-state index contributed by atoms with van der Waals surface area (Å²) >= 11 is 0. The molecule has 1 saturated carbocycles. The minimum Gasteiger partial charge on any atom is -0.495 e. The lowest BCUT2D eigenvalue weighted by molar-refractivity contribution is 0.102. The molecule has 2 aromatic carbocycles. The number of nitrogens with one attached hydrogen (secondary N) is 2. The van der Waals surface area contributed by atoms with Gasteiger partial charge < -0.3 is 24.3 Å². The number of rotatable bonds is 12. The summed E-state index contributed by atoms with van der Waals surface area (Å²) in [5.74, 6) is 1.03. The van der Waals surface area contributed by atoms with E-state index in [2.05, 4.69) is 10.0 Å². The van der Waals surface area contributed by atoms with Crippen molar-refractivity contribution >= 4 is 21.6 Å². The van der Waals surface area contributed by atoms with Crippen LogP contribution in [0.3, 0.4) is 0 Å². The minimum absolute atomic E-state index is 0.0343. The summed E-state index contributed by atoms with van der Waals surface area (Å²) in [6, 6.07) is 7.42. The van der Waals surface area contributed by atoms with E-state index < -0.39 is 15.9 Å². The molecule has 2 N–H and O–H groups in total. The Balaban J connectivity index is 1.94. The fourth-order valence-corrected chi connectivity index (χ4v) is 4.49. The highest BCUT2D eigenvalue weighted by molar-refractivity contribution is 7.89. The molecule has 3 rings (SSSR count). The topological polar surface area (TPSA) is 112 Å². The predicted octanol–water partition coefficient (Wildman–Crippen LogP) is 3.58. The van der Waals surface area contributed by atoms with Crippen LogP contribution in [0.25, 0.3) is 0 Å². The highest BCUT2D eigenvalue weighted by Crippen LogP contribution is 2.39. The molecule has 1 aliphatic carbocycles. The van der Waals surface area contributed by atoms with Crippen molar-refractivity contribution in [2.75, 3.05) is 32.2 Å². The van der Waals surface area contributed by atoms with Gasteiger partial charge in [0.15, 0.2) is 11.5 Å². The van der Waals surface area contributed by atoms with Gasteiger partial charge in [0, 0.05) is 11.6 Å². The molecule has 0 unspecified atom stereocenters. The highest BCUT2D eigenvalue weighted by Gasteiger charge is 2.28. The fraction of sp³-hybridized carbons (Fsp3) is 0.435. The molecule has 0 atom stereocenters. The molecule has 180 valence electrons. The summed E-state index contributed by atoms with van der Waals surface area (Å²) in [4.78, 5) is 13.2. The van der Waals surface area contributed by atoms with Crippen LogP contribution in [-0.4, -0.2) is 47.3 Å². The Labute approximate surface area is 194 Å². The van der Waals surface area contributed by atoms with Crippen LogP contribution < -0.4 is 29.0 Å². The average Bonchev–Trinajstić information content (AvgIpc) is 3.59. The molecule has 1 fully saturated rings. The first kappa shape index (κ1) is 24.7. The lowest BCUT2D eigenvalue weighted by Crippen LogP contribution is -2.26. The van der Waals surface area contributed by atoms with Gasteiger partial charge in [0.25, 0.3) is 5.91 Å². The second kappa shape index (κ2) is 10.8. The van der Waals surface area contributed by atoms with E-state index >= 15 is 0 Å². The van der Waals surface area contributed by atoms with Crippen molar-refractivity contribution in [3.63, 3.8) is 0 Å². The van der Waals surface area contributed by atoms with Gasteiger partial charge in [-0.1, -0.05) is 0 Å². The number of hydrogen-bond acceptors (Lipinski definition) is 7. The zero-order valence-corrected chi connectivity index (χ0v) is 20.1. The van der Waals surface area contributed by atoms with Crippen molar-refractivity contribution in [1.29, 1.82) is 0 Å². The van der Waals surface area contributed by atoms with Crippen LogP contribution in [0.2, 0.25) is 0 Å². The number of methoxy groups -OCH3 is 1. The largest absolute Gasteiger partial charge is 0.495 e. The maximum atomic E-state index is 13.1. The molecule has 0 heterocycles. The van der Waals surface area contributed by atoms with Gasteiger partial charge >= 0.3 is 0 Å². The fourth-order valence-electron chi connectivity index (χ4n) is 3.15. The Kier molecular flexibility index (Phi) is 8.04. The number of ether oxygens (including phenoxy) is 4. The first-order chi connectivity index (χ1) is 15.8. The standard InChI is InChI=1S/C23H30N2O7S/c1-5-30-20-12-15(13-21(31-6-2)22(20)32-7-3)23(26)24-18-14-17(10-11-19(18)29-4)33(27,28)25-16-8-9-16/h10-14,16,25H,5-9H2,1-4H3,(H,24,26). The molecule has 0 aromatic heterocycles. The van der Waals surface area contributed by atoms with E-state index in [1.54, 1.807) is 12.1 Å². The lowest BCUT2D eigenvalue weighted by atomic mass is 10.1. The molecule has 10 heteroatoms. The number of amides is 1. The summed E-state index contributed by atoms with van der Waals surface area (Å²) in [6.07, 6.45) is 1.64. The molecule has 0 aliphatic heterocycles. The molecule has 0 spiro atoms. The van der Waals surface area contributed by atoms with Crippen LogP contribution in [0.5, 0.6) is 23.0 Å². The second-order valence-corrected chi connectivity index (χ2v) is 9.03. The third kappa shape index (κ3) is 6.08. The number of carbonyl (C=O) groups is 1. The monoisotopic (exact) mass is 478 g/mol. The Hall–Kier alpha value is -2.98. The Morgan fingerprint density at radius 2 is 1.55 bits per heavy atom. The minimum atomic E-state index is -3.70. The quantitative estimate of drug-likeness (QED) is 0.479. The zero-order valence-electron chi connectivity index (χ0n) is 19.3. The number of benzene rings is 2. The molecular weight excluding hydrogens is 448 g/mol. The molecule has 1 aliphatic rings. The Morgan fingerprint density at radius 1 is 0.939 bits per heavy atom. The normalized spacial score (nSPS) is 13.3. The number of sulfonamides is 1. The van der Waals surface area contributed by atoms with E-state index in [0.717, 1.165) is 12.8 Å². The van der Waals surface area contributed by atoms with Gasteiger partial charge in [0.05, 0.1) is 37.5 Å².